The predicted octanol–water partition coefficient (Wildman–Crippen LogP) is 7.89. The van der Waals surface area contributed by atoms with E-state index in [-0.39, 0.29) is 4.90 Å². The van der Waals surface area contributed by atoms with Crippen LogP contribution < -0.4 is 5.32 Å². The number of thiophene rings is 2. The largest absolute Gasteiger partial charge is 0.481 e. The van der Waals surface area contributed by atoms with Gasteiger partial charge in [0.2, 0.25) is 0 Å². The number of sulfone groups is 1. The lowest BCUT2D eigenvalue weighted by Gasteiger charge is -2.15. The van der Waals surface area contributed by atoms with Gasteiger partial charge >= 0.3 is 12.1 Å². The quantitative estimate of drug-likeness (QED) is 0.177. The maximum Gasteiger partial charge on any atom is 0.412 e. The molecule has 12 heteroatoms. The molecule has 1 atom stereocenters. The molecular formula is C30H26N2O6S4. The van der Waals surface area contributed by atoms with Crippen molar-refractivity contribution in [3.63, 3.8) is 0 Å². The number of anilines is 1. The lowest BCUT2D eigenvalue weighted by atomic mass is 9.95. The summed E-state index contributed by atoms with van der Waals surface area (Å²) in [5, 5.41) is 12.6. The molecule has 0 radical (unpaired) electrons. The highest BCUT2D eigenvalue weighted by Crippen LogP contribution is 2.52. The van der Waals surface area contributed by atoms with Crippen molar-refractivity contribution < 1.29 is 27.9 Å². The molecule has 0 saturated heterocycles. The first-order valence-corrected chi connectivity index (χ1v) is 17.4. The highest BCUT2D eigenvalue weighted by molar-refractivity contribution is 7.90. The Morgan fingerprint density at radius 2 is 1.69 bits per heavy atom. The van der Waals surface area contributed by atoms with E-state index in [9.17, 15) is 23.1 Å². The molecule has 0 aliphatic heterocycles. The van der Waals surface area contributed by atoms with E-state index in [0.29, 0.717) is 29.8 Å². The molecule has 2 aromatic carbocycles. The third kappa shape index (κ3) is 5.24. The van der Waals surface area contributed by atoms with Crippen molar-refractivity contribution in [2.75, 3.05) is 11.6 Å². The zero-order valence-electron chi connectivity index (χ0n) is 22.8. The second-order valence-corrected chi connectivity index (χ2v) is 15.3. The fourth-order valence-corrected chi connectivity index (χ4v) is 9.30. The van der Waals surface area contributed by atoms with Crippen LogP contribution in [-0.2, 0) is 24.8 Å². The highest BCUT2D eigenvalue weighted by atomic mass is 32.2. The Morgan fingerprint density at radius 1 is 1.02 bits per heavy atom. The number of carbonyl (C=O) groups is 2. The number of nitrogens with zero attached hydrogens (tertiary/aromatic N) is 1. The molecule has 1 amide bonds. The molecule has 0 unspecified atom stereocenters. The van der Waals surface area contributed by atoms with Crippen LogP contribution in [0.5, 0.6) is 0 Å². The van der Waals surface area contributed by atoms with Crippen molar-refractivity contribution in [3.8, 4) is 20.2 Å². The topological polar surface area (TPSA) is 123 Å². The summed E-state index contributed by atoms with van der Waals surface area (Å²) in [6.07, 6.45) is 1.01. The van der Waals surface area contributed by atoms with Gasteiger partial charge in [-0.3, -0.25) is 10.1 Å². The zero-order valence-corrected chi connectivity index (χ0v) is 26.1. The van der Waals surface area contributed by atoms with E-state index in [0.717, 1.165) is 41.4 Å². The fraction of sp³-hybridized carbons (Fsp3) is 0.233. The van der Waals surface area contributed by atoms with Gasteiger partial charge in [-0.25, -0.2) is 13.2 Å². The number of rotatable bonds is 8. The van der Waals surface area contributed by atoms with Crippen LogP contribution in [0.3, 0.4) is 0 Å². The van der Waals surface area contributed by atoms with Crippen LogP contribution in [0.4, 0.5) is 10.5 Å². The van der Waals surface area contributed by atoms with Crippen LogP contribution in [0.2, 0.25) is 0 Å². The van der Waals surface area contributed by atoms with Crippen molar-refractivity contribution in [2.24, 2.45) is 0 Å². The Hall–Kier alpha value is -3.58. The Balaban J connectivity index is 1.26. The number of benzene rings is 2. The maximum atomic E-state index is 12.8. The number of amides is 1. The van der Waals surface area contributed by atoms with Gasteiger partial charge in [-0.1, -0.05) is 42.5 Å². The van der Waals surface area contributed by atoms with Crippen molar-refractivity contribution in [1.82, 2.24) is 4.37 Å². The highest BCUT2D eigenvalue weighted by Gasteiger charge is 2.53. The molecule has 1 aliphatic rings. The van der Waals surface area contributed by atoms with E-state index >= 15 is 0 Å². The van der Waals surface area contributed by atoms with E-state index in [1.54, 1.807) is 29.5 Å². The van der Waals surface area contributed by atoms with E-state index in [2.05, 4.69) is 9.69 Å². The van der Waals surface area contributed by atoms with E-state index in [1.807, 2.05) is 56.3 Å². The molecule has 1 aliphatic carbocycles. The number of hydrogen-bond acceptors (Lipinski definition) is 9. The summed E-state index contributed by atoms with van der Waals surface area (Å²) in [5.74, 6) is -0.990. The summed E-state index contributed by atoms with van der Waals surface area (Å²) in [5.41, 5.74) is 2.17. The lowest BCUT2D eigenvalue weighted by molar-refractivity contribution is -0.140. The standard InChI is InChI=1S/C30H26N2O6S4/c1-16-26(31-29(35)38-17(2)18-7-5-4-6-8-18)27(41-32-16)24-15-23-22(40-24)14-21(39-23)19-9-10-20(25(13-19)42(3,36)37)30(11-12-30)28(33)34/h4-10,13-15,17H,11-12H2,1-3H3,(H,31,35)(H,33,34)/t17-/m1/s1. The smallest absolute Gasteiger partial charge is 0.412 e. The monoisotopic (exact) mass is 638 g/mol. The zero-order chi connectivity index (χ0) is 29.8. The van der Waals surface area contributed by atoms with Crippen LogP contribution in [0.15, 0.2) is 65.6 Å². The van der Waals surface area contributed by atoms with Crippen LogP contribution in [-0.4, -0.2) is 36.2 Å². The number of nitrogens with one attached hydrogen (secondary N) is 1. The number of aromatic nitrogens is 1. The van der Waals surface area contributed by atoms with Crippen LogP contribution in [0.1, 0.15) is 42.7 Å². The number of carbonyl (C=O) groups excluding carboxylic acids is 1. The molecule has 1 fully saturated rings. The Labute approximate surface area is 254 Å². The fourth-order valence-electron chi connectivity index (χ4n) is 4.96. The summed E-state index contributed by atoms with van der Waals surface area (Å²) in [4.78, 5) is 27.4. The summed E-state index contributed by atoms with van der Waals surface area (Å²) >= 11 is 4.38. The normalized spacial score (nSPS) is 14.9. The molecule has 2 N–H and O–H groups in total. The van der Waals surface area contributed by atoms with Crippen molar-refractivity contribution in [2.45, 2.75) is 43.1 Å². The van der Waals surface area contributed by atoms with E-state index in [4.69, 9.17) is 4.74 Å². The van der Waals surface area contributed by atoms with Gasteiger partial charge in [0.05, 0.1) is 31.4 Å². The average Bonchev–Trinajstić information content (AvgIpc) is 3.36. The second-order valence-electron chi connectivity index (χ2n) is 10.4. The molecule has 3 heterocycles. The van der Waals surface area contributed by atoms with Crippen LogP contribution in [0, 0.1) is 6.92 Å². The van der Waals surface area contributed by atoms with Gasteiger partial charge in [-0.2, -0.15) is 4.37 Å². The minimum atomic E-state index is -3.64. The van der Waals surface area contributed by atoms with E-state index in [1.165, 1.54) is 22.9 Å². The van der Waals surface area contributed by atoms with Gasteiger partial charge in [-0.05, 0) is 73.1 Å². The first kappa shape index (κ1) is 28.5. The van der Waals surface area contributed by atoms with Crippen LogP contribution in [0.25, 0.3) is 29.6 Å². The molecule has 0 spiro atoms. The molecule has 3 aromatic heterocycles. The number of hydrogen-bond donors (Lipinski definition) is 2. The molecule has 0 bridgehead atoms. The minimum Gasteiger partial charge on any atom is -0.481 e. The van der Waals surface area contributed by atoms with E-state index < -0.39 is 33.4 Å². The summed E-state index contributed by atoms with van der Waals surface area (Å²) in [7, 11) is -3.64. The van der Waals surface area contributed by atoms with Crippen molar-refractivity contribution >= 4 is 71.2 Å². The first-order chi connectivity index (χ1) is 20.0. The van der Waals surface area contributed by atoms with Gasteiger partial charge in [0.1, 0.15) is 6.10 Å². The lowest BCUT2D eigenvalue weighted by Crippen LogP contribution is -2.22. The van der Waals surface area contributed by atoms with Gasteiger partial charge in [0.25, 0.3) is 0 Å². The number of carboxylic acids is 1. The maximum absolute atomic E-state index is 12.8. The number of ether oxygens (including phenoxy) is 1. The Bertz CT molecular complexity index is 1920. The third-order valence-electron chi connectivity index (χ3n) is 7.41. The number of fused-ring (bicyclic) bond motifs is 1. The minimum absolute atomic E-state index is 0.0710. The van der Waals surface area contributed by atoms with Gasteiger partial charge in [0.15, 0.2) is 9.84 Å². The molecule has 5 aromatic rings. The van der Waals surface area contributed by atoms with Gasteiger partial charge in [-0.15, -0.1) is 22.7 Å². The number of aryl methyl sites for hydroxylation is 1. The number of aliphatic carboxylic acids is 1. The molecule has 8 nitrogen and oxygen atoms in total. The SMILES string of the molecule is Cc1nsc(-c2cc3sc(-c4ccc(C5(C(=O)O)CC5)c(S(C)(=O)=O)c4)cc3s2)c1NC(=O)O[C@H](C)c1ccccc1. The summed E-state index contributed by atoms with van der Waals surface area (Å²) < 4.78 is 37.4. The Kier molecular flexibility index (Phi) is 7.20. The summed E-state index contributed by atoms with van der Waals surface area (Å²) in [6, 6.07) is 18.6. The Morgan fingerprint density at radius 3 is 2.33 bits per heavy atom. The van der Waals surface area contributed by atoms with Crippen LogP contribution >= 0.6 is 34.2 Å². The predicted molar refractivity (Wildman–Crippen MR) is 168 cm³/mol. The molecule has 1 saturated carbocycles. The molecular weight excluding hydrogens is 613 g/mol. The third-order valence-corrected chi connectivity index (χ3v) is 12.0. The van der Waals surface area contributed by atoms with Gasteiger partial charge < -0.3 is 9.84 Å². The average molecular weight is 639 g/mol. The number of carboxylic acid groups (broad SMARTS) is 1. The first-order valence-electron chi connectivity index (χ1n) is 13.1. The molecule has 216 valence electrons. The second kappa shape index (κ2) is 10.6. The van der Waals surface area contributed by atoms with Crippen molar-refractivity contribution in [1.29, 1.82) is 0 Å². The van der Waals surface area contributed by atoms with Gasteiger partial charge in [0, 0.05) is 20.5 Å². The van der Waals surface area contributed by atoms with Crippen molar-refractivity contribution in [3.05, 3.63) is 77.5 Å². The molecule has 42 heavy (non-hydrogen) atoms. The summed E-state index contributed by atoms with van der Waals surface area (Å²) in [6.45, 7) is 3.66. The molecule has 6 rings (SSSR count).